The quantitative estimate of drug-likeness (QED) is 0.718. The average molecular weight is 406 g/mol. The molecule has 1 unspecified atom stereocenters. The van der Waals surface area contributed by atoms with Gasteiger partial charge < -0.3 is 9.64 Å². The van der Waals surface area contributed by atoms with E-state index >= 15 is 0 Å². The number of carbonyl (C=O) groups excluding carboxylic acids is 1. The van der Waals surface area contributed by atoms with E-state index in [0.717, 1.165) is 35.8 Å². The van der Waals surface area contributed by atoms with Crippen LogP contribution in [-0.2, 0) is 0 Å². The molecule has 2 aromatic carbocycles. The summed E-state index contributed by atoms with van der Waals surface area (Å²) in [5, 5.41) is 0. The summed E-state index contributed by atoms with van der Waals surface area (Å²) in [7, 11) is 1.59. The predicted molar refractivity (Wildman–Crippen MR) is 99.6 cm³/mol. The number of methoxy groups -OCH3 is 1. The molecule has 1 amide bonds. The van der Waals surface area contributed by atoms with Gasteiger partial charge >= 0.3 is 0 Å². The van der Waals surface area contributed by atoms with Gasteiger partial charge in [0.05, 0.1) is 12.7 Å². The lowest BCUT2D eigenvalue weighted by atomic mass is 9.94. The van der Waals surface area contributed by atoms with Crippen molar-refractivity contribution < 1.29 is 13.9 Å². The van der Waals surface area contributed by atoms with Crippen molar-refractivity contribution in [2.45, 2.75) is 25.2 Å². The first-order chi connectivity index (χ1) is 12.1. The molecule has 0 aromatic heterocycles. The Bertz CT molecular complexity index is 748. The van der Waals surface area contributed by atoms with Gasteiger partial charge in [0, 0.05) is 23.5 Å². The molecule has 3 nitrogen and oxygen atoms in total. The largest absolute Gasteiger partial charge is 0.497 e. The molecule has 0 saturated carbocycles. The van der Waals surface area contributed by atoms with Crippen molar-refractivity contribution >= 4 is 21.8 Å². The second-order valence-corrected chi connectivity index (χ2v) is 7.20. The second-order valence-electron chi connectivity index (χ2n) is 6.34. The first-order valence-electron chi connectivity index (χ1n) is 8.47. The zero-order valence-corrected chi connectivity index (χ0v) is 15.8. The van der Waals surface area contributed by atoms with E-state index in [2.05, 4.69) is 15.9 Å². The lowest BCUT2D eigenvalue weighted by Gasteiger charge is -2.25. The normalized spacial score (nSPS) is 17.9. The lowest BCUT2D eigenvalue weighted by molar-refractivity contribution is 0.0753. The molecule has 0 N–H and O–H groups in total. The van der Waals surface area contributed by atoms with Gasteiger partial charge in [-0.05, 0) is 64.7 Å². The molecule has 25 heavy (non-hydrogen) atoms. The SMILES string of the molecule is COc1ccc(Br)c(C(=O)N2CCCCC(c3ccc(F)cc3)C2)c1. The third-order valence-corrected chi connectivity index (χ3v) is 5.40. The van der Waals surface area contributed by atoms with Crippen molar-refractivity contribution in [2.24, 2.45) is 0 Å². The van der Waals surface area contributed by atoms with E-state index in [1.165, 1.54) is 12.1 Å². The summed E-state index contributed by atoms with van der Waals surface area (Å²) in [6.07, 6.45) is 3.05. The van der Waals surface area contributed by atoms with Crippen LogP contribution in [0, 0.1) is 5.82 Å². The average Bonchev–Trinajstić information content (AvgIpc) is 2.88. The fourth-order valence-corrected chi connectivity index (χ4v) is 3.72. The molecule has 1 heterocycles. The van der Waals surface area contributed by atoms with Crippen LogP contribution in [-0.4, -0.2) is 31.0 Å². The molecule has 0 spiro atoms. The van der Waals surface area contributed by atoms with E-state index in [0.29, 0.717) is 17.9 Å². The van der Waals surface area contributed by atoms with Gasteiger partial charge in [0.1, 0.15) is 11.6 Å². The number of ether oxygens (including phenoxy) is 1. The Hall–Kier alpha value is -1.88. The van der Waals surface area contributed by atoms with Gasteiger partial charge in [-0.15, -0.1) is 0 Å². The molecular weight excluding hydrogens is 385 g/mol. The van der Waals surface area contributed by atoms with Crippen LogP contribution in [0.25, 0.3) is 0 Å². The minimum absolute atomic E-state index is 0.000198. The third-order valence-electron chi connectivity index (χ3n) is 4.70. The van der Waals surface area contributed by atoms with Crippen molar-refractivity contribution in [3.63, 3.8) is 0 Å². The predicted octanol–water partition coefficient (Wildman–Crippen LogP) is 5.01. The van der Waals surface area contributed by atoms with Crippen LogP contribution in [0.3, 0.4) is 0 Å². The standard InChI is InChI=1S/C20H21BrFNO2/c1-25-17-9-10-19(21)18(12-17)20(24)23-11-3-2-4-15(13-23)14-5-7-16(22)8-6-14/h5-10,12,15H,2-4,11,13H2,1H3. The number of hydrogen-bond acceptors (Lipinski definition) is 2. The number of benzene rings is 2. The van der Waals surface area contributed by atoms with Crippen molar-refractivity contribution in [3.05, 3.63) is 63.9 Å². The highest BCUT2D eigenvalue weighted by Gasteiger charge is 2.25. The van der Waals surface area contributed by atoms with Crippen LogP contribution < -0.4 is 4.74 Å². The van der Waals surface area contributed by atoms with Crippen molar-refractivity contribution in [2.75, 3.05) is 20.2 Å². The van der Waals surface area contributed by atoms with E-state index in [1.54, 1.807) is 13.2 Å². The van der Waals surface area contributed by atoms with Gasteiger partial charge in [-0.25, -0.2) is 4.39 Å². The number of halogens is 2. The van der Waals surface area contributed by atoms with Crippen LogP contribution >= 0.6 is 15.9 Å². The number of amides is 1. The van der Waals surface area contributed by atoms with E-state index < -0.39 is 0 Å². The van der Waals surface area contributed by atoms with Gasteiger partial charge in [-0.2, -0.15) is 0 Å². The molecule has 2 aromatic rings. The van der Waals surface area contributed by atoms with Gasteiger partial charge in [-0.3, -0.25) is 4.79 Å². The van der Waals surface area contributed by atoms with Crippen LogP contribution in [0.15, 0.2) is 46.9 Å². The molecule has 0 radical (unpaired) electrons. The third kappa shape index (κ3) is 4.21. The number of hydrogen-bond donors (Lipinski definition) is 0. The molecule has 0 bridgehead atoms. The maximum Gasteiger partial charge on any atom is 0.255 e. The Labute approximate surface area is 155 Å². The maximum atomic E-state index is 13.2. The molecule has 0 aliphatic carbocycles. The summed E-state index contributed by atoms with van der Waals surface area (Å²) in [6.45, 7) is 1.38. The summed E-state index contributed by atoms with van der Waals surface area (Å²) in [5.41, 5.74) is 1.70. The van der Waals surface area contributed by atoms with E-state index in [-0.39, 0.29) is 17.6 Å². The number of nitrogens with zero attached hydrogens (tertiary/aromatic N) is 1. The van der Waals surface area contributed by atoms with Crippen molar-refractivity contribution in [1.82, 2.24) is 4.90 Å². The molecular formula is C20H21BrFNO2. The zero-order valence-electron chi connectivity index (χ0n) is 14.2. The molecule has 132 valence electrons. The number of carbonyl (C=O) groups is 1. The van der Waals surface area contributed by atoms with Crippen LogP contribution in [0.5, 0.6) is 5.75 Å². The lowest BCUT2D eigenvalue weighted by Crippen LogP contribution is -2.34. The molecule has 1 fully saturated rings. The highest BCUT2D eigenvalue weighted by Crippen LogP contribution is 2.29. The number of rotatable bonds is 3. The molecule has 1 atom stereocenters. The fourth-order valence-electron chi connectivity index (χ4n) is 3.30. The first-order valence-corrected chi connectivity index (χ1v) is 9.26. The Kier molecular flexibility index (Phi) is 5.74. The summed E-state index contributed by atoms with van der Waals surface area (Å²) >= 11 is 3.47. The van der Waals surface area contributed by atoms with Gasteiger partial charge in [0.25, 0.3) is 5.91 Å². The molecule has 1 saturated heterocycles. The Morgan fingerprint density at radius 1 is 1.20 bits per heavy atom. The Morgan fingerprint density at radius 3 is 2.68 bits per heavy atom. The van der Waals surface area contributed by atoms with Crippen molar-refractivity contribution in [3.8, 4) is 5.75 Å². The minimum atomic E-state index is -0.231. The monoisotopic (exact) mass is 405 g/mol. The first kappa shape index (κ1) is 17.9. The van der Waals surface area contributed by atoms with Crippen molar-refractivity contribution in [1.29, 1.82) is 0 Å². The van der Waals surface area contributed by atoms with E-state index in [1.807, 2.05) is 29.2 Å². The molecule has 3 rings (SSSR count). The summed E-state index contributed by atoms with van der Waals surface area (Å²) in [6, 6.07) is 12.1. The van der Waals surface area contributed by atoms with E-state index in [9.17, 15) is 9.18 Å². The topological polar surface area (TPSA) is 29.5 Å². The second kappa shape index (κ2) is 8.00. The van der Waals surface area contributed by atoms with Gasteiger partial charge in [-0.1, -0.05) is 18.6 Å². The summed E-state index contributed by atoms with van der Waals surface area (Å²) in [4.78, 5) is 15.0. The maximum absolute atomic E-state index is 13.2. The summed E-state index contributed by atoms with van der Waals surface area (Å²) < 4.78 is 19.2. The van der Waals surface area contributed by atoms with Gasteiger partial charge in [0.15, 0.2) is 0 Å². The van der Waals surface area contributed by atoms with Gasteiger partial charge in [0.2, 0.25) is 0 Å². The van der Waals surface area contributed by atoms with Crippen LogP contribution in [0.2, 0.25) is 0 Å². The highest BCUT2D eigenvalue weighted by atomic mass is 79.9. The Morgan fingerprint density at radius 2 is 1.96 bits per heavy atom. The molecule has 5 heteroatoms. The Balaban J connectivity index is 1.83. The van der Waals surface area contributed by atoms with E-state index in [4.69, 9.17) is 4.74 Å². The van der Waals surface area contributed by atoms with Crippen LogP contribution in [0.1, 0.15) is 41.1 Å². The summed E-state index contributed by atoms with van der Waals surface area (Å²) in [5.74, 6) is 0.665. The highest BCUT2D eigenvalue weighted by molar-refractivity contribution is 9.10. The molecule has 1 aliphatic rings. The number of likely N-dealkylation sites (tertiary alicyclic amines) is 1. The van der Waals surface area contributed by atoms with Crippen LogP contribution in [0.4, 0.5) is 4.39 Å². The molecule has 1 aliphatic heterocycles. The smallest absolute Gasteiger partial charge is 0.255 e. The zero-order chi connectivity index (χ0) is 17.8. The minimum Gasteiger partial charge on any atom is -0.497 e. The fraction of sp³-hybridized carbons (Fsp3) is 0.350.